The first-order valence-electron chi connectivity index (χ1n) is 14.7. The molecule has 0 aromatic heterocycles. The van der Waals surface area contributed by atoms with Gasteiger partial charge in [-0.05, 0) is 80.1 Å². The number of hydrogen-bond acceptors (Lipinski definition) is 2. The second kappa shape index (κ2) is 15.4. The Hall–Kier alpha value is -1.57. The monoisotopic (exact) mass is 466 g/mol. The number of ether oxygens (including phenoxy) is 1. The number of esters is 1. The molecule has 3 rings (SSSR count). The molecule has 34 heavy (non-hydrogen) atoms. The van der Waals surface area contributed by atoms with Crippen LogP contribution >= 0.6 is 0 Å². The molecule has 1 saturated carbocycles. The average Bonchev–Trinajstić information content (AvgIpc) is 2.88. The van der Waals surface area contributed by atoms with E-state index >= 15 is 0 Å². The second-order valence-electron chi connectivity index (χ2n) is 11.0. The molecule has 2 heteroatoms. The molecule has 0 aliphatic heterocycles. The molecule has 0 spiro atoms. The number of allylic oxidation sites excluding steroid dienone is 2. The van der Waals surface area contributed by atoms with Gasteiger partial charge in [0, 0.05) is 0 Å². The Kier molecular flexibility index (Phi) is 12.3. The van der Waals surface area contributed by atoms with Crippen molar-refractivity contribution in [2.45, 2.75) is 136 Å². The summed E-state index contributed by atoms with van der Waals surface area (Å²) in [7, 11) is 0. The highest BCUT2D eigenvalue weighted by atomic mass is 16.5. The van der Waals surface area contributed by atoms with Gasteiger partial charge >= 0.3 is 5.97 Å². The number of unbranched alkanes of at least 4 members (excludes halogenated alkanes) is 7. The highest BCUT2D eigenvalue weighted by Crippen LogP contribution is 2.33. The lowest BCUT2D eigenvalue weighted by Crippen LogP contribution is -2.24. The van der Waals surface area contributed by atoms with Crippen molar-refractivity contribution >= 4 is 11.5 Å². The average molecular weight is 467 g/mol. The summed E-state index contributed by atoms with van der Waals surface area (Å²) < 4.78 is 5.88. The van der Waals surface area contributed by atoms with Crippen molar-refractivity contribution in [1.29, 1.82) is 0 Å². The molecule has 0 N–H and O–H groups in total. The summed E-state index contributed by atoms with van der Waals surface area (Å²) in [5.74, 6) is 1.57. The zero-order valence-electron chi connectivity index (χ0n) is 22.2. The molecule has 0 amide bonds. The molecule has 2 aliphatic carbocycles. The minimum absolute atomic E-state index is 0.110. The van der Waals surface area contributed by atoms with E-state index in [1.54, 1.807) is 0 Å². The SMILES string of the molecule is CCCCCCCC1CCC(OC(=O)c2ccc(C3=CCC(CCCCCC)CC3)cc2)CC1. The first-order chi connectivity index (χ1) is 16.7. The Morgan fingerprint density at radius 3 is 2.00 bits per heavy atom. The van der Waals surface area contributed by atoms with Crippen molar-refractivity contribution < 1.29 is 9.53 Å². The molecular weight excluding hydrogens is 416 g/mol. The molecule has 0 radical (unpaired) electrons. The number of hydrogen-bond donors (Lipinski definition) is 0. The van der Waals surface area contributed by atoms with Crippen molar-refractivity contribution in [3.05, 3.63) is 41.5 Å². The molecule has 0 bridgehead atoms. The summed E-state index contributed by atoms with van der Waals surface area (Å²) in [6.07, 6.45) is 25.8. The fraction of sp³-hybridized carbons (Fsp3) is 0.719. The molecule has 0 saturated heterocycles. The van der Waals surface area contributed by atoms with Crippen molar-refractivity contribution in [3.8, 4) is 0 Å². The molecule has 0 heterocycles. The summed E-state index contributed by atoms with van der Waals surface area (Å²) in [5.41, 5.74) is 3.44. The van der Waals surface area contributed by atoms with Gasteiger partial charge in [0.2, 0.25) is 0 Å². The summed E-state index contributed by atoms with van der Waals surface area (Å²) in [4.78, 5) is 12.7. The van der Waals surface area contributed by atoms with E-state index in [1.165, 1.54) is 114 Å². The molecule has 1 unspecified atom stereocenters. The zero-order chi connectivity index (χ0) is 24.0. The fourth-order valence-corrected chi connectivity index (χ4v) is 5.89. The lowest BCUT2D eigenvalue weighted by molar-refractivity contribution is 0.0161. The van der Waals surface area contributed by atoms with Crippen LogP contribution in [0.4, 0.5) is 0 Å². The number of rotatable bonds is 14. The molecular formula is C32H50O2. The smallest absolute Gasteiger partial charge is 0.338 e. The van der Waals surface area contributed by atoms with E-state index in [-0.39, 0.29) is 12.1 Å². The Balaban J connectivity index is 1.36. The predicted octanol–water partition coefficient (Wildman–Crippen LogP) is 9.92. The van der Waals surface area contributed by atoms with Crippen LogP contribution in [0.25, 0.3) is 5.57 Å². The van der Waals surface area contributed by atoms with Crippen LogP contribution in [-0.4, -0.2) is 12.1 Å². The second-order valence-corrected chi connectivity index (χ2v) is 11.0. The van der Waals surface area contributed by atoms with Gasteiger partial charge in [0.1, 0.15) is 6.10 Å². The standard InChI is InChI=1S/C32H50O2/c1-3-5-7-9-11-13-27-16-24-31(25-17-27)34-32(33)30-22-20-29(21-23-30)28-18-14-26(15-19-28)12-10-8-6-4-2/h18,20-23,26-27,31H,3-17,19,24-25H2,1-2H3. The van der Waals surface area contributed by atoms with Gasteiger partial charge in [-0.3, -0.25) is 0 Å². The maximum atomic E-state index is 12.7. The number of benzene rings is 1. The van der Waals surface area contributed by atoms with Gasteiger partial charge in [-0.25, -0.2) is 4.79 Å². The van der Waals surface area contributed by atoms with E-state index in [0.717, 1.165) is 24.7 Å². The Bertz CT molecular complexity index is 724. The summed E-state index contributed by atoms with van der Waals surface area (Å²) in [5, 5.41) is 0. The van der Waals surface area contributed by atoms with Gasteiger partial charge in [-0.2, -0.15) is 0 Å². The highest BCUT2D eigenvalue weighted by Gasteiger charge is 2.24. The maximum Gasteiger partial charge on any atom is 0.338 e. The summed E-state index contributed by atoms with van der Waals surface area (Å²) in [6.45, 7) is 4.55. The molecule has 190 valence electrons. The van der Waals surface area contributed by atoms with Gasteiger partial charge in [0.15, 0.2) is 0 Å². The predicted molar refractivity (Wildman–Crippen MR) is 145 cm³/mol. The highest BCUT2D eigenvalue weighted by molar-refractivity contribution is 5.90. The Morgan fingerprint density at radius 2 is 1.38 bits per heavy atom. The van der Waals surface area contributed by atoms with Crippen LogP contribution in [0.3, 0.4) is 0 Å². The molecule has 2 aliphatic rings. The van der Waals surface area contributed by atoms with Crippen LogP contribution < -0.4 is 0 Å². The van der Waals surface area contributed by atoms with Crippen molar-refractivity contribution in [3.63, 3.8) is 0 Å². The lowest BCUT2D eigenvalue weighted by atomic mass is 9.83. The van der Waals surface area contributed by atoms with Crippen molar-refractivity contribution in [2.75, 3.05) is 0 Å². The van der Waals surface area contributed by atoms with E-state index < -0.39 is 0 Å². The van der Waals surface area contributed by atoms with E-state index in [1.807, 2.05) is 12.1 Å². The van der Waals surface area contributed by atoms with E-state index in [0.29, 0.717) is 5.56 Å². The van der Waals surface area contributed by atoms with Crippen LogP contribution in [0.5, 0.6) is 0 Å². The third-order valence-corrected chi connectivity index (χ3v) is 8.26. The summed E-state index contributed by atoms with van der Waals surface area (Å²) >= 11 is 0. The van der Waals surface area contributed by atoms with Crippen LogP contribution in [-0.2, 0) is 4.74 Å². The van der Waals surface area contributed by atoms with E-state index in [4.69, 9.17) is 4.74 Å². The van der Waals surface area contributed by atoms with Crippen LogP contribution in [0.15, 0.2) is 30.3 Å². The third-order valence-electron chi connectivity index (χ3n) is 8.26. The van der Waals surface area contributed by atoms with Crippen molar-refractivity contribution in [1.82, 2.24) is 0 Å². The lowest BCUT2D eigenvalue weighted by Gasteiger charge is -2.28. The topological polar surface area (TPSA) is 26.3 Å². The number of carbonyl (C=O) groups is 1. The van der Waals surface area contributed by atoms with Gasteiger partial charge < -0.3 is 4.74 Å². The Morgan fingerprint density at radius 1 is 0.765 bits per heavy atom. The first kappa shape index (κ1) is 27.0. The molecule has 1 fully saturated rings. The van der Waals surface area contributed by atoms with E-state index in [2.05, 4.69) is 32.1 Å². The van der Waals surface area contributed by atoms with Gasteiger partial charge in [-0.15, -0.1) is 0 Å². The quantitative estimate of drug-likeness (QED) is 0.201. The number of carbonyl (C=O) groups excluding carboxylic acids is 1. The fourth-order valence-electron chi connectivity index (χ4n) is 5.89. The van der Waals surface area contributed by atoms with Gasteiger partial charge in [0.05, 0.1) is 5.56 Å². The largest absolute Gasteiger partial charge is 0.459 e. The van der Waals surface area contributed by atoms with Gasteiger partial charge in [-0.1, -0.05) is 103 Å². The molecule has 2 nitrogen and oxygen atoms in total. The van der Waals surface area contributed by atoms with Crippen LogP contribution in [0.1, 0.15) is 145 Å². The van der Waals surface area contributed by atoms with Gasteiger partial charge in [0.25, 0.3) is 0 Å². The summed E-state index contributed by atoms with van der Waals surface area (Å²) in [6, 6.07) is 8.19. The van der Waals surface area contributed by atoms with Crippen molar-refractivity contribution in [2.24, 2.45) is 11.8 Å². The normalized spacial score (nSPS) is 22.9. The molecule has 1 aromatic carbocycles. The van der Waals surface area contributed by atoms with Crippen LogP contribution in [0.2, 0.25) is 0 Å². The third kappa shape index (κ3) is 9.23. The van der Waals surface area contributed by atoms with Crippen LogP contribution in [0, 0.1) is 11.8 Å². The molecule has 1 aromatic rings. The minimum atomic E-state index is -0.140. The molecule has 1 atom stereocenters. The maximum absolute atomic E-state index is 12.7. The zero-order valence-corrected chi connectivity index (χ0v) is 22.2. The first-order valence-corrected chi connectivity index (χ1v) is 14.7. The minimum Gasteiger partial charge on any atom is -0.459 e. The Labute approximate surface area is 209 Å². The van der Waals surface area contributed by atoms with E-state index in [9.17, 15) is 4.79 Å².